The quantitative estimate of drug-likeness (QED) is 0.879. The Bertz CT molecular complexity index is 581. The van der Waals surface area contributed by atoms with Crippen molar-refractivity contribution in [3.63, 3.8) is 0 Å². The normalized spacial score (nSPS) is 10.2. The number of hydrogen-bond acceptors (Lipinski definition) is 3. The molecule has 4 heteroatoms. The lowest BCUT2D eigenvalue weighted by molar-refractivity contribution is 0.0951. The van der Waals surface area contributed by atoms with Gasteiger partial charge in [-0.3, -0.25) is 9.78 Å². The summed E-state index contributed by atoms with van der Waals surface area (Å²) in [5.74, 6) is -0.175. The summed E-state index contributed by atoms with van der Waals surface area (Å²) in [6, 6.07) is 9.69. The molecule has 1 heterocycles. The number of nitrogen functional groups attached to an aromatic ring is 1. The first-order valence-corrected chi connectivity index (χ1v) is 6.26. The lowest BCUT2D eigenvalue weighted by Crippen LogP contribution is -2.24. The third kappa shape index (κ3) is 3.10. The van der Waals surface area contributed by atoms with Crippen LogP contribution in [0.2, 0.25) is 0 Å². The molecular weight excluding hydrogens is 238 g/mol. The van der Waals surface area contributed by atoms with E-state index >= 15 is 0 Å². The zero-order valence-electron chi connectivity index (χ0n) is 10.9. The molecule has 4 nitrogen and oxygen atoms in total. The Labute approximate surface area is 112 Å². The predicted molar refractivity (Wildman–Crippen MR) is 75.6 cm³/mol. The summed E-state index contributed by atoms with van der Waals surface area (Å²) < 4.78 is 0. The number of pyridine rings is 1. The van der Waals surface area contributed by atoms with E-state index in [1.807, 2.05) is 18.2 Å². The molecule has 1 aromatic heterocycles. The van der Waals surface area contributed by atoms with Gasteiger partial charge in [0.1, 0.15) is 0 Å². The number of carbonyl (C=O) groups excluding carboxylic acids is 1. The monoisotopic (exact) mass is 255 g/mol. The van der Waals surface area contributed by atoms with Crippen LogP contribution in [-0.2, 0) is 13.0 Å². The molecule has 0 saturated carbocycles. The van der Waals surface area contributed by atoms with Gasteiger partial charge in [0.15, 0.2) is 0 Å². The SMILES string of the molecule is CCc1ccccc1CNC(=O)c1ccncc1N. The van der Waals surface area contributed by atoms with Gasteiger partial charge < -0.3 is 11.1 Å². The van der Waals surface area contributed by atoms with E-state index < -0.39 is 0 Å². The number of aromatic nitrogens is 1. The maximum Gasteiger partial charge on any atom is 0.253 e. The largest absolute Gasteiger partial charge is 0.397 e. The second-order valence-electron chi connectivity index (χ2n) is 4.27. The van der Waals surface area contributed by atoms with Crippen molar-refractivity contribution in [2.45, 2.75) is 19.9 Å². The maximum atomic E-state index is 12.0. The minimum absolute atomic E-state index is 0.175. The molecule has 0 spiro atoms. The van der Waals surface area contributed by atoms with Gasteiger partial charge in [0.05, 0.1) is 17.4 Å². The van der Waals surface area contributed by atoms with Gasteiger partial charge in [-0.2, -0.15) is 0 Å². The summed E-state index contributed by atoms with van der Waals surface area (Å²) in [6.07, 6.45) is 3.99. The number of anilines is 1. The molecule has 0 saturated heterocycles. The van der Waals surface area contributed by atoms with Crippen LogP contribution in [0, 0.1) is 0 Å². The first kappa shape index (κ1) is 13.1. The van der Waals surface area contributed by atoms with Crippen LogP contribution in [0.1, 0.15) is 28.4 Å². The number of hydrogen-bond donors (Lipinski definition) is 2. The van der Waals surface area contributed by atoms with E-state index in [0.717, 1.165) is 12.0 Å². The molecule has 0 aliphatic carbocycles. The van der Waals surface area contributed by atoms with Crippen LogP contribution in [0.3, 0.4) is 0 Å². The van der Waals surface area contributed by atoms with E-state index in [-0.39, 0.29) is 5.91 Å². The Hall–Kier alpha value is -2.36. The number of benzene rings is 1. The van der Waals surface area contributed by atoms with Gasteiger partial charge >= 0.3 is 0 Å². The van der Waals surface area contributed by atoms with Gasteiger partial charge in [-0.15, -0.1) is 0 Å². The van der Waals surface area contributed by atoms with Crippen LogP contribution in [-0.4, -0.2) is 10.9 Å². The molecule has 0 aliphatic heterocycles. The average molecular weight is 255 g/mol. The summed E-state index contributed by atoms with van der Waals surface area (Å²) in [6.45, 7) is 2.60. The molecule has 98 valence electrons. The molecule has 0 atom stereocenters. The fourth-order valence-electron chi connectivity index (χ4n) is 1.96. The standard InChI is InChI=1S/C15H17N3O/c1-2-11-5-3-4-6-12(11)9-18-15(19)13-7-8-17-10-14(13)16/h3-8,10H,2,9,16H2,1H3,(H,18,19). The van der Waals surface area contributed by atoms with Crippen molar-refractivity contribution in [1.82, 2.24) is 10.3 Å². The zero-order chi connectivity index (χ0) is 13.7. The maximum absolute atomic E-state index is 12.0. The molecule has 19 heavy (non-hydrogen) atoms. The highest BCUT2D eigenvalue weighted by atomic mass is 16.1. The molecule has 0 bridgehead atoms. The predicted octanol–water partition coefficient (Wildman–Crippen LogP) is 2.16. The van der Waals surface area contributed by atoms with Crippen molar-refractivity contribution in [2.24, 2.45) is 0 Å². The highest BCUT2D eigenvalue weighted by Crippen LogP contribution is 2.11. The third-order valence-electron chi connectivity index (χ3n) is 3.04. The van der Waals surface area contributed by atoms with E-state index in [0.29, 0.717) is 17.8 Å². The number of rotatable bonds is 4. The molecular formula is C15H17N3O. The molecule has 2 aromatic rings. The number of amides is 1. The van der Waals surface area contributed by atoms with Crippen LogP contribution < -0.4 is 11.1 Å². The highest BCUT2D eigenvalue weighted by molar-refractivity contribution is 5.98. The number of carbonyl (C=O) groups is 1. The van der Waals surface area contributed by atoms with Crippen molar-refractivity contribution >= 4 is 11.6 Å². The van der Waals surface area contributed by atoms with Crippen LogP contribution in [0.15, 0.2) is 42.7 Å². The lowest BCUT2D eigenvalue weighted by atomic mass is 10.1. The van der Waals surface area contributed by atoms with Crippen molar-refractivity contribution in [2.75, 3.05) is 5.73 Å². The van der Waals surface area contributed by atoms with E-state index in [9.17, 15) is 4.79 Å². The van der Waals surface area contributed by atoms with Crippen molar-refractivity contribution in [1.29, 1.82) is 0 Å². The van der Waals surface area contributed by atoms with Crippen LogP contribution >= 0.6 is 0 Å². The van der Waals surface area contributed by atoms with Crippen LogP contribution in [0.5, 0.6) is 0 Å². The van der Waals surface area contributed by atoms with Gasteiger partial charge in [-0.05, 0) is 23.6 Å². The van der Waals surface area contributed by atoms with Crippen molar-refractivity contribution < 1.29 is 4.79 Å². The minimum atomic E-state index is -0.175. The fraction of sp³-hybridized carbons (Fsp3) is 0.200. The number of aryl methyl sites for hydroxylation is 1. The summed E-state index contributed by atoms with van der Waals surface area (Å²) in [5.41, 5.74) is 8.95. The molecule has 0 unspecified atom stereocenters. The Morgan fingerprint density at radius 1 is 1.26 bits per heavy atom. The van der Waals surface area contributed by atoms with E-state index in [1.165, 1.54) is 11.8 Å². The summed E-state index contributed by atoms with van der Waals surface area (Å²) in [5, 5.41) is 2.88. The molecule has 1 amide bonds. The number of nitrogens with zero attached hydrogens (tertiary/aromatic N) is 1. The molecule has 1 aromatic carbocycles. The number of nitrogens with one attached hydrogen (secondary N) is 1. The summed E-state index contributed by atoms with van der Waals surface area (Å²) in [4.78, 5) is 15.9. The summed E-state index contributed by atoms with van der Waals surface area (Å²) >= 11 is 0. The average Bonchev–Trinajstić information content (AvgIpc) is 2.45. The second-order valence-corrected chi connectivity index (χ2v) is 4.27. The first-order chi connectivity index (χ1) is 9.22. The minimum Gasteiger partial charge on any atom is -0.397 e. The van der Waals surface area contributed by atoms with Crippen LogP contribution in [0.25, 0.3) is 0 Å². The number of nitrogens with two attached hydrogens (primary N) is 1. The molecule has 0 radical (unpaired) electrons. The summed E-state index contributed by atoms with van der Waals surface area (Å²) in [7, 11) is 0. The smallest absolute Gasteiger partial charge is 0.253 e. The topological polar surface area (TPSA) is 68.0 Å². The molecule has 3 N–H and O–H groups in total. The third-order valence-corrected chi connectivity index (χ3v) is 3.04. The first-order valence-electron chi connectivity index (χ1n) is 6.26. The highest BCUT2D eigenvalue weighted by Gasteiger charge is 2.09. The Morgan fingerprint density at radius 2 is 2.00 bits per heavy atom. The van der Waals surface area contributed by atoms with Crippen molar-refractivity contribution in [3.8, 4) is 0 Å². The molecule has 0 aliphatic rings. The van der Waals surface area contributed by atoms with E-state index in [2.05, 4.69) is 23.3 Å². The Morgan fingerprint density at radius 3 is 2.68 bits per heavy atom. The lowest BCUT2D eigenvalue weighted by Gasteiger charge is -2.10. The second kappa shape index (κ2) is 6.00. The van der Waals surface area contributed by atoms with Crippen molar-refractivity contribution in [3.05, 3.63) is 59.4 Å². The van der Waals surface area contributed by atoms with Gasteiger partial charge in [0.2, 0.25) is 0 Å². The van der Waals surface area contributed by atoms with Gasteiger partial charge in [-0.25, -0.2) is 0 Å². The van der Waals surface area contributed by atoms with Gasteiger partial charge in [0, 0.05) is 12.7 Å². The zero-order valence-corrected chi connectivity index (χ0v) is 10.9. The fourth-order valence-corrected chi connectivity index (χ4v) is 1.96. The van der Waals surface area contributed by atoms with Gasteiger partial charge in [-0.1, -0.05) is 31.2 Å². The Kier molecular flexibility index (Phi) is 4.13. The molecule has 0 fully saturated rings. The van der Waals surface area contributed by atoms with E-state index in [1.54, 1.807) is 12.3 Å². The Balaban J connectivity index is 2.07. The van der Waals surface area contributed by atoms with Gasteiger partial charge in [0.25, 0.3) is 5.91 Å². The van der Waals surface area contributed by atoms with Crippen LogP contribution in [0.4, 0.5) is 5.69 Å². The molecule has 2 rings (SSSR count). The van der Waals surface area contributed by atoms with E-state index in [4.69, 9.17) is 5.73 Å².